The number of carboxylic acid groups (broad SMARTS) is 1. The van der Waals surface area contributed by atoms with Gasteiger partial charge in [0.2, 0.25) is 0 Å². The Hall–Kier alpha value is -2.13. The molecule has 0 spiro atoms. The van der Waals surface area contributed by atoms with E-state index in [2.05, 4.69) is 25.1 Å². The Morgan fingerprint density at radius 1 is 1.07 bits per heavy atom. The van der Waals surface area contributed by atoms with Crippen LogP contribution in [0.25, 0.3) is 11.1 Å². The number of hydrogen-bond donors (Lipinski definition) is 2. The molecule has 28 heavy (non-hydrogen) atoms. The van der Waals surface area contributed by atoms with Gasteiger partial charge in [-0.3, -0.25) is 0 Å². The summed E-state index contributed by atoms with van der Waals surface area (Å²) in [6.07, 6.45) is 6.52. The number of hydrogen-bond acceptors (Lipinski definition) is 2. The number of benzene rings is 2. The van der Waals surface area contributed by atoms with Gasteiger partial charge in [-0.05, 0) is 90.0 Å². The van der Waals surface area contributed by atoms with E-state index in [1.165, 1.54) is 17.5 Å². The Balaban J connectivity index is 1.50. The van der Waals surface area contributed by atoms with Gasteiger partial charge in [0.1, 0.15) is 0 Å². The van der Waals surface area contributed by atoms with E-state index in [4.69, 9.17) is 0 Å². The summed E-state index contributed by atoms with van der Waals surface area (Å²) in [7, 11) is 0. The Morgan fingerprint density at radius 3 is 2.71 bits per heavy atom. The number of carboxylic acids is 1. The van der Waals surface area contributed by atoms with Crippen molar-refractivity contribution in [2.24, 2.45) is 17.3 Å². The van der Waals surface area contributed by atoms with Gasteiger partial charge in [-0.2, -0.15) is 0 Å². The minimum atomic E-state index is -0.875. The molecular weight excluding hydrogens is 348 g/mol. The topological polar surface area (TPSA) is 57.5 Å². The van der Waals surface area contributed by atoms with Gasteiger partial charge in [-0.15, -0.1) is 0 Å². The van der Waals surface area contributed by atoms with Crippen molar-refractivity contribution >= 4 is 5.97 Å². The molecule has 2 aromatic rings. The summed E-state index contributed by atoms with van der Waals surface area (Å²) in [4.78, 5) is 11.6. The van der Waals surface area contributed by atoms with Crippen LogP contribution in [0.3, 0.4) is 0 Å². The number of aromatic carboxylic acids is 1. The molecule has 3 heteroatoms. The van der Waals surface area contributed by atoms with Crippen molar-refractivity contribution in [3.8, 4) is 11.1 Å². The summed E-state index contributed by atoms with van der Waals surface area (Å²) >= 11 is 0. The van der Waals surface area contributed by atoms with Crippen LogP contribution in [0.4, 0.5) is 0 Å². The van der Waals surface area contributed by atoms with Gasteiger partial charge in [0.05, 0.1) is 11.7 Å². The first kappa shape index (κ1) is 17.9. The minimum absolute atomic E-state index is 0.110. The quantitative estimate of drug-likeness (QED) is 0.751. The normalized spacial score (nSPS) is 33.6. The van der Waals surface area contributed by atoms with E-state index in [1.807, 2.05) is 12.1 Å². The van der Waals surface area contributed by atoms with Gasteiger partial charge in [-0.25, -0.2) is 4.79 Å². The summed E-state index contributed by atoms with van der Waals surface area (Å²) < 4.78 is 0. The summed E-state index contributed by atoms with van der Waals surface area (Å²) in [5.74, 6) is 1.04. The van der Waals surface area contributed by atoms with Crippen LogP contribution in [0, 0.1) is 17.3 Å². The van der Waals surface area contributed by atoms with Gasteiger partial charge < -0.3 is 10.2 Å². The Bertz CT molecular complexity index is 933. The fourth-order valence-electron chi connectivity index (χ4n) is 6.64. The standard InChI is InChI=1S/C25H28O3/c1-25-13-12-19-18-8-6-15(17-4-2-3-5-21(17)24(27)28)14-16(18)7-9-20(19)22(25)10-11-23(25)26/h2-6,8,14,19-20,22-23,26H,7,9-13H2,1H3,(H,27,28)/t19-,20-,22+,23+,25+/m1/s1. The summed E-state index contributed by atoms with van der Waals surface area (Å²) in [6, 6.07) is 13.9. The molecule has 5 rings (SSSR count). The third kappa shape index (κ3) is 2.56. The van der Waals surface area contributed by atoms with E-state index in [0.717, 1.165) is 43.2 Å². The summed E-state index contributed by atoms with van der Waals surface area (Å²) in [5, 5.41) is 20.1. The SMILES string of the molecule is C[C@]12CC[C@@H]3c4ccc(-c5ccccc5C(=O)O)cc4CC[C@H]3[C@@H]1CC[C@@H]2O. The van der Waals surface area contributed by atoms with E-state index >= 15 is 0 Å². The van der Waals surface area contributed by atoms with Crippen molar-refractivity contribution < 1.29 is 15.0 Å². The maximum Gasteiger partial charge on any atom is 0.336 e. The second kappa shape index (κ2) is 6.45. The number of aliphatic hydroxyl groups is 1. The van der Waals surface area contributed by atoms with Crippen molar-refractivity contribution in [3.63, 3.8) is 0 Å². The van der Waals surface area contributed by atoms with E-state index in [9.17, 15) is 15.0 Å². The smallest absolute Gasteiger partial charge is 0.336 e. The predicted octanol–water partition coefficient (Wildman–Crippen LogP) is 5.27. The lowest BCUT2D eigenvalue weighted by molar-refractivity contribution is -0.0226. The Kier molecular flexibility index (Phi) is 4.13. The first-order valence-electron chi connectivity index (χ1n) is 10.6. The maximum atomic E-state index is 11.6. The van der Waals surface area contributed by atoms with E-state index < -0.39 is 5.97 Å². The van der Waals surface area contributed by atoms with Gasteiger partial charge >= 0.3 is 5.97 Å². The first-order chi connectivity index (χ1) is 13.5. The van der Waals surface area contributed by atoms with Gasteiger partial charge in [0.15, 0.2) is 0 Å². The molecule has 0 saturated heterocycles. The number of carbonyl (C=O) groups is 1. The first-order valence-corrected chi connectivity index (χ1v) is 10.6. The predicted molar refractivity (Wildman–Crippen MR) is 109 cm³/mol. The highest BCUT2D eigenvalue weighted by Gasteiger charge is 2.54. The Labute approximate surface area is 166 Å². The van der Waals surface area contributed by atoms with Crippen LogP contribution in [-0.4, -0.2) is 22.3 Å². The van der Waals surface area contributed by atoms with Crippen molar-refractivity contribution in [2.45, 2.75) is 57.5 Å². The van der Waals surface area contributed by atoms with Gasteiger partial charge in [-0.1, -0.05) is 43.3 Å². The van der Waals surface area contributed by atoms with Crippen LogP contribution >= 0.6 is 0 Å². The second-order valence-electron chi connectivity index (χ2n) is 9.32. The van der Waals surface area contributed by atoms with Crippen molar-refractivity contribution in [1.82, 2.24) is 0 Å². The third-order valence-corrected chi connectivity index (χ3v) is 8.14. The fourth-order valence-corrected chi connectivity index (χ4v) is 6.64. The summed E-state index contributed by atoms with van der Waals surface area (Å²) in [6.45, 7) is 2.31. The van der Waals surface area contributed by atoms with Gasteiger partial charge in [0.25, 0.3) is 0 Å². The van der Waals surface area contributed by atoms with Crippen LogP contribution in [0.2, 0.25) is 0 Å². The van der Waals surface area contributed by atoms with Crippen molar-refractivity contribution in [2.75, 3.05) is 0 Å². The van der Waals surface area contributed by atoms with E-state index in [1.54, 1.807) is 12.1 Å². The minimum Gasteiger partial charge on any atom is -0.478 e. The number of rotatable bonds is 2. The molecule has 2 saturated carbocycles. The molecule has 0 unspecified atom stereocenters. The lowest BCUT2D eigenvalue weighted by Crippen LogP contribution is -2.43. The largest absolute Gasteiger partial charge is 0.478 e. The van der Waals surface area contributed by atoms with Crippen LogP contribution < -0.4 is 0 Å². The molecular formula is C25H28O3. The molecule has 3 aliphatic rings. The third-order valence-electron chi connectivity index (χ3n) is 8.14. The monoisotopic (exact) mass is 376 g/mol. The van der Waals surface area contributed by atoms with Crippen LogP contribution in [0.1, 0.15) is 66.4 Å². The molecule has 0 heterocycles. The fraction of sp³-hybridized carbons (Fsp3) is 0.480. The Morgan fingerprint density at radius 2 is 1.89 bits per heavy atom. The zero-order valence-electron chi connectivity index (χ0n) is 16.4. The molecule has 2 fully saturated rings. The molecule has 5 atom stereocenters. The molecule has 0 radical (unpaired) electrons. The van der Waals surface area contributed by atoms with Crippen molar-refractivity contribution in [3.05, 3.63) is 59.2 Å². The maximum absolute atomic E-state index is 11.6. The molecule has 3 nitrogen and oxygen atoms in total. The zero-order valence-corrected chi connectivity index (χ0v) is 16.4. The molecule has 2 N–H and O–H groups in total. The molecule has 146 valence electrons. The van der Waals surface area contributed by atoms with E-state index in [0.29, 0.717) is 23.3 Å². The molecule has 0 aliphatic heterocycles. The highest BCUT2D eigenvalue weighted by Crippen LogP contribution is 2.60. The highest BCUT2D eigenvalue weighted by molar-refractivity contribution is 5.96. The summed E-state index contributed by atoms with van der Waals surface area (Å²) in [5.41, 5.74) is 5.14. The van der Waals surface area contributed by atoms with Crippen LogP contribution in [-0.2, 0) is 6.42 Å². The average Bonchev–Trinajstić information content (AvgIpc) is 3.02. The number of fused-ring (bicyclic) bond motifs is 5. The average molecular weight is 376 g/mol. The zero-order chi connectivity index (χ0) is 19.5. The molecule has 2 aromatic carbocycles. The lowest BCUT2D eigenvalue weighted by atomic mass is 9.55. The van der Waals surface area contributed by atoms with Gasteiger partial charge in [0, 0.05) is 0 Å². The molecule has 0 aromatic heterocycles. The number of aliphatic hydroxyl groups excluding tert-OH is 1. The van der Waals surface area contributed by atoms with Crippen LogP contribution in [0.15, 0.2) is 42.5 Å². The second-order valence-corrected chi connectivity index (χ2v) is 9.32. The molecule has 0 bridgehead atoms. The lowest BCUT2D eigenvalue weighted by Gasteiger charge is -2.50. The van der Waals surface area contributed by atoms with Crippen LogP contribution in [0.5, 0.6) is 0 Å². The highest BCUT2D eigenvalue weighted by atomic mass is 16.4. The van der Waals surface area contributed by atoms with Crippen molar-refractivity contribution in [1.29, 1.82) is 0 Å². The van der Waals surface area contributed by atoms with E-state index in [-0.39, 0.29) is 11.5 Å². The molecule has 0 amide bonds. The molecule has 3 aliphatic carbocycles. The number of aryl methyl sites for hydroxylation is 1.